The third kappa shape index (κ3) is 2.75. The summed E-state index contributed by atoms with van der Waals surface area (Å²) >= 11 is 0. The van der Waals surface area contributed by atoms with Gasteiger partial charge >= 0.3 is 5.69 Å². The largest absolute Gasteiger partial charge is 0.363 e. The predicted octanol–water partition coefficient (Wildman–Crippen LogP) is 3.40. The van der Waals surface area contributed by atoms with E-state index in [1.165, 1.54) is 0 Å². The zero-order chi connectivity index (χ0) is 20.8. The van der Waals surface area contributed by atoms with Crippen molar-refractivity contribution in [3.63, 3.8) is 0 Å². The molecule has 0 aliphatic rings. The molecule has 5 rings (SSSR count). The number of hydrogen-bond donors (Lipinski definition) is 0. The van der Waals surface area contributed by atoms with Gasteiger partial charge in [-0.15, -0.1) is 0 Å². The zero-order valence-corrected chi connectivity index (χ0v) is 16.9. The van der Waals surface area contributed by atoms with Crippen molar-refractivity contribution in [3.8, 4) is 16.8 Å². The second-order valence-electron chi connectivity index (χ2n) is 7.41. The highest BCUT2D eigenvalue weighted by Crippen LogP contribution is 2.29. The van der Waals surface area contributed by atoms with E-state index in [2.05, 4.69) is 21.0 Å². The van der Waals surface area contributed by atoms with Crippen LogP contribution in [0.3, 0.4) is 0 Å². The van der Waals surface area contributed by atoms with E-state index in [0.717, 1.165) is 44.6 Å². The Morgan fingerprint density at radius 3 is 2.50 bits per heavy atom. The number of rotatable bonds is 3. The summed E-state index contributed by atoms with van der Waals surface area (Å²) in [6.07, 6.45) is 7.06. The SMILES string of the molecule is CN(C)c1ccc(-n2c(=O)n(C)c3cnc4ccc(-c5cccnc5)cc4c32)cn1. The molecule has 4 aromatic heterocycles. The molecule has 0 saturated carbocycles. The minimum atomic E-state index is -0.134. The summed E-state index contributed by atoms with van der Waals surface area (Å²) in [6.45, 7) is 0. The predicted molar refractivity (Wildman–Crippen MR) is 119 cm³/mol. The number of nitrogens with zero attached hydrogens (tertiary/aromatic N) is 6. The Hall–Kier alpha value is -4.00. The molecule has 0 amide bonds. The van der Waals surface area contributed by atoms with Gasteiger partial charge in [-0.1, -0.05) is 12.1 Å². The van der Waals surface area contributed by atoms with Gasteiger partial charge in [0.25, 0.3) is 0 Å². The highest BCUT2D eigenvalue weighted by atomic mass is 16.1. The molecule has 0 saturated heterocycles. The van der Waals surface area contributed by atoms with E-state index in [-0.39, 0.29) is 5.69 Å². The molecule has 0 bridgehead atoms. The fraction of sp³-hybridized carbons (Fsp3) is 0.130. The van der Waals surface area contributed by atoms with Crippen LogP contribution in [0.4, 0.5) is 5.82 Å². The molecule has 0 unspecified atom stereocenters. The van der Waals surface area contributed by atoms with Crippen LogP contribution in [0, 0.1) is 0 Å². The molecule has 1 aromatic carbocycles. The lowest BCUT2D eigenvalue weighted by Crippen LogP contribution is -2.21. The fourth-order valence-corrected chi connectivity index (χ4v) is 3.72. The lowest BCUT2D eigenvalue weighted by molar-refractivity contribution is 0.843. The van der Waals surface area contributed by atoms with Crippen LogP contribution >= 0.6 is 0 Å². The van der Waals surface area contributed by atoms with Crippen LogP contribution in [-0.4, -0.2) is 38.2 Å². The van der Waals surface area contributed by atoms with Crippen molar-refractivity contribution >= 4 is 27.8 Å². The first-order valence-corrected chi connectivity index (χ1v) is 9.59. The second-order valence-corrected chi connectivity index (χ2v) is 7.41. The van der Waals surface area contributed by atoms with Gasteiger partial charge in [-0.2, -0.15) is 0 Å². The molecule has 4 heterocycles. The van der Waals surface area contributed by atoms with Gasteiger partial charge in [0, 0.05) is 44.5 Å². The zero-order valence-electron chi connectivity index (χ0n) is 16.9. The van der Waals surface area contributed by atoms with Crippen LogP contribution in [0.5, 0.6) is 0 Å². The average Bonchev–Trinajstić information content (AvgIpc) is 3.04. The van der Waals surface area contributed by atoms with E-state index in [1.54, 1.807) is 34.8 Å². The normalized spacial score (nSPS) is 11.3. The standard InChI is InChI=1S/C23H20N6O/c1-27(2)21-9-7-17(13-26-21)29-22-18-11-15(16-5-4-10-24-12-16)6-8-19(18)25-14-20(22)28(3)23(29)30/h4-14H,1-3H3. The quantitative estimate of drug-likeness (QED) is 0.468. The van der Waals surface area contributed by atoms with E-state index in [4.69, 9.17) is 0 Å². The third-order valence-corrected chi connectivity index (χ3v) is 5.33. The maximum absolute atomic E-state index is 13.2. The molecule has 148 valence electrons. The molecule has 0 N–H and O–H groups in total. The van der Waals surface area contributed by atoms with Gasteiger partial charge in [-0.3, -0.25) is 19.1 Å². The van der Waals surface area contributed by atoms with Crippen molar-refractivity contribution in [3.05, 3.63) is 77.7 Å². The van der Waals surface area contributed by atoms with E-state index >= 15 is 0 Å². The van der Waals surface area contributed by atoms with Gasteiger partial charge in [-0.05, 0) is 35.9 Å². The maximum atomic E-state index is 13.2. The number of pyridine rings is 3. The van der Waals surface area contributed by atoms with Gasteiger partial charge in [0.2, 0.25) is 0 Å². The van der Waals surface area contributed by atoms with Crippen molar-refractivity contribution in [1.82, 2.24) is 24.1 Å². The minimum absolute atomic E-state index is 0.134. The Morgan fingerprint density at radius 1 is 0.933 bits per heavy atom. The average molecular weight is 396 g/mol. The molecule has 0 atom stereocenters. The first-order valence-electron chi connectivity index (χ1n) is 9.59. The summed E-state index contributed by atoms with van der Waals surface area (Å²) in [6, 6.07) is 13.8. The smallest absolute Gasteiger partial charge is 0.333 e. The molecular weight excluding hydrogens is 376 g/mol. The molecule has 0 fully saturated rings. The van der Waals surface area contributed by atoms with Crippen LogP contribution in [0.1, 0.15) is 0 Å². The van der Waals surface area contributed by atoms with Crippen molar-refractivity contribution < 1.29 is 0 Å². The van der Waals surface area contributed by atoms with E-state index in [9.17, 15) is 4.79 Å². The first kappa shape index (κ1) is 18.1. The number of imidazole rings is 1. The van der Waals surface area contributed by atoms with E-state index < -0.39 is 0 Å². The first-order chi connectivity index (χ1) is 14.5. The van der Waals surface area contributed by atoms with Crippen molar-refractivity contribution in [2.75, 3.05) is 19.0 Å². The molecular formula is C23H20N6O. The molecule has 0 radical (unpaired) electrons. The number of aryl methyl sites for hydroxylation is 1. The van der Waals surface area contributed by atoms with Crippen LogP contribution in [0.25, 0.3) is 38.8 Å². The Morgan fingerprint density at radius 2 is 1.80 bits per heavy atom. The molecule has 7 nitrogen and oxygen atoms in total. The summed E-state index contributed by atoms with van der Waals surface area (Å²) in [5.41, 5.74) is 5.03. The summed E-state index contributed by atoms with van der Waals surface area (Å²) in [5.74, 6) is 0.831. The topological polar surface area (TPSA) is 68.8 Å². The fourth-order valence-electron chi connectivity index (χ4n) is 3.72. The summed E-state index contributed by atoms with van der Waals surface area (Å²) < 4.78 is 3.33. The van der Waals surface area contributed by atoms with E-state index in [0.29, 0.717) is 0 Å². The molecule has 7 heteroatoms. The number of anilines is 1. The number of aromatic nitrogens is 5. The maximum Gasteiger partial charge on any atom is 0.333 e. The minimum Gasteiger partial charge on any atom is -0.363 e. The van der Waals surface area contributed by atoms with Gasteiger partial charge in [0.05, 0.1) is 34.6 Å². The number of benzene rings is 1. The Kier molecular flexibility index (Phi) is 4.10. The van der Waals surface area contributed by atoms with Gasteiger partial charge in [-0.25, -0.2) is 9.78 Å². The molecule has 0 spiro atoms. The lowest BCUT2D eigenvalue weighted by Gasteiger charge is -2.12. The van der Waals surface area contributed by atoms with Gasteiger partial charge in [0.1, 0.15) is 5.82 Å². The van der Waals surface area contributed by atoms with Crippen molar-refractivity contribution in [1.29, 1.82) is 0 Å². The molecule has 5 aromatic rings. The highest BCUT2D eigenvalue weighted by molar-refractivity contribution is 6.04. The summed E-state index contributed by atoms with van der Waals surface area (Å²) in [5, 5.41) is 0.906. The summed E-state index contributed by atoms with van der Waals surface area (Å²) in [7, 11) is 5.64. The lowest BCUT2D eigenvalue weighted by atomic mass is 10.0. The van der Waals surface area contributed by atoms with E-state index in [1.807, 2.05) is 61.6 Å². The second kappa shape index (κ2) is 6.81. The number of hydrogen-bond acceptors (Lipinski definition) is 5. The van der Waals surface area contributed by atoms with Gasteiger partial charge in [0.15, 0.2) is 0 Å². The van der Waals surface area contributed by atoms with Crippen LogP contribution in [0.2, 0.25) is 0 Å². The number of fused-ring (bicyclic) bond motifs is 3. The monoisotopic (exact) mass is 396 g/mol. The third-order valence-electron chi connectivity index (χ3n) is 5.33. The van der Waals surface area contributed by atoms with Crippen LogP contribution in [0.15, 0.2) is 72.0 Å². The summed E-state index contributed by atoms with van der Waals surface area (Å²) in [4.78, 5) is 28.4. The molecule has 0 aliphatic heterocycles. The van der Waals surface area contributed by atoms with Gasteiger partial charge < -0.3 is 4.90 Å². The Balaban J connectivity index is 1.83. The Bertz CT molecular complexity index is 1430. The molecule has 30 heavy (non-hydrogen) atoms. The van der Waals surface area contributed by atoms with Crippen molar-refractivity contribution in [2.45, 2.75) is 0 Å². The van der Waals surface area contributed by atoms with Crippen LogP contribution < -0.4 is 10.6 Å². The van der Waals surface area contributed by atoms with Crippen molar-refractivity contribution in [2.24, 2.45) is 7.05 Å². The Labute approximate surface area is 172 Å². The molecule has 0 aliphatic carbocycles. The highest BCUT2D eigenvalue weighted by Gasteiger charge is 2.17. The van der Waals surface area contributed by atoms with Crippen LogP contribution in [-0.2, 0) is 7.05 Å².